The number of amides is 1. The summed E-state index contributed by atoms with van der Waals surface area (Å²) in [6.45, 7) is 7.22. The first-order valence-electron chi connectivity index (χ1n) is 18.4. The lowest BCUT2D eigenvalue weighted by atomic mass is 9.70. The van der Waals surface area contributed by atoms with E-state index in [2.05, 4.69) is 42.2 Å². The molecule has 9 nitrogen and oxygen atoms in total. The molecule has 2 N–H and O–H groups in total. The van der Waals surface area contributed by atoms with E-state index in [1.807, 2.05) is 18.2 Å². The molecule has 0 saturated heterocycles. The fraction of sp³-hybridized carbons (Fsp3) is 0.600. The highest BCUT2D eigenvalue weighted by Crippen LogP contribution is 2.70. The minimum atomic E-state index is -3.99. The third-order valence-corrected chi connectivity index (χ3v) is 15.8. The molecule has 2 unspecified atom stereocenters. The van der Waals surface area contributed by atoms with Gasteiger partial charge in [0.1, 0.15) is 11.5 Å². The molecule has 268 valence electrons. The Labute approximate surface area is 295 Å². The van der Waals surface area contributed by atoms with E-state index < -0.39 is 27.6 Å². The number of carbonyl (C=O) groups is 2. The number of nitrogens with one attached hydrogen (secondary N) is 1. The number of carbonyl (C=O) groups excluding carboxylic acids is 2. The van der Waals surface area contributed by atoms with Gasteiger partial charge < -0.3 is 14.4 Å². The number of rotatable bonds is 8. The second-order valence-electron chi connectivity index (χ2n) is 17.0. The third-order valence-electron chi connectivity index (χ3n) is 14.4. The van der Waals surface area contributed by atoms with Gasteiger partial charge in [0.25, 0.3) is 5.91 Å². The van der Waals surface area contributed by atoms with Crippen molar-refractivity contribution in [1.29, 1.82) is 0 Å². The molecule has 4 aliphatic carbocycles. The number of ketones is 1. The Bertz CT molecular complexity index is 2030. The van der Waals surface area contributed by atoms with Crippen LogP contribution in [-0.2, 0) is 21.5 Å². The van der Waals surface area contributed by atoms with Crippen LogP contribution in [0.25, 0.3) is 22.2 Å². The van der Waals surface area contributed by atoms with E-state index in [1.165, 1.54) is 26.1 Å². The number of Topliss-reactive ketones (excluding diaryl/α,β-unsaturated/α-hetero) is 1. The first-order valence-corrected chi connectivity index (χ1v) is 19.9. The minimum absolute atomic E-state index is 0.0188. The second-order valence-corrected chi connectivity index (χ2v) is 18.9. The van der Waals surface area contributed by atoms with Gasteiger partial charge in [-0.25, -0.2) is 4.72 Å². The fourth-order valence-electron chi connectivity index (χ4n) is 11.0. The molecule has 50 heavy (non-hydrogen) atoms. The molecule has 4 fully saturated rings. The van der Waals surface area contributed by atoms with Gasteiger partial charge >= 0.3 is 10.2 Å². The average Bonchev–Trinajstić information content (AvgIpc) is 3.66. The van der Waals surface area contributed by atoms with Crippen LogP contribution in [-0.4, -0.2) is 61.4 Å². The molecule has 2 heterocycles. The Morgan fingerprint density at radius 1 is 1.04 bits per heavy atom. The van der Waals surface area contributed by atoms with E-state index in [0.29, 0.717) is 24.8 Å². The largest absolute Gasteiger partial charge is 0.497 e. The highest BCUT2D eigenvalue weighted by atomic mass is 32.2. The molecule has 8 rings (SSSR count). The second kappa shape index (κ2) is 11.4. The molecule has 1 aliphatic heterocycles. The highest BCUT2D eigenvalue weighted by molar-refractivity contribution is 7.87. The maximum atomic E-state index is 14.9. The van der Waals surface area contributed by atoms with Gasteiger partial charge in [-0.15, -0.1) is 0 Å². The van der Waals surface area contributed by atoms with Crippen molar-refractivity contribution in [2.45, 2.75) is 103 Å². The van der Waals surface area contributed by atoms with Gasteiger partial charge in [-0.1, -0.05) is 46.1 Å². The Hall–Kier alpha value is -3.21. The van der Waals surface area contributed by atoms with E-state index in [1.54, 1.807) is 13.2 Å². The number of aliphatic hydroxyl groups is 1. The molecule has 1 amide bonds. The summed E-state index contributed by atoms with van der Waals surface area (Å²) in [4.78, 5) is 28.3. The lowest BCUT2D eigenvalue weighted by Gasteiger charge is -2.37. The minimum Gasteiger partial charge on any atom is -0.497 e. The molecule has 2 bridgehead atoms. The number of methoxy groups -OCH3 is 1. The first-order chi connectivity index (χ1) is 23.6. The van der Waals surface area contributed by atoms with Crippen LogP contribution >= 0.6 is 0 Å². The maximum Gasteiger partial charge on any atom is 0.303 e. The lowest BCUT2D eigenvalue weighted by molar-refractivity contribution is -0.127. The van der Waals surface area contributed by atoms with Crippen LogP contribution in [0.4, 0.5) is 0 Å². The van der Waals surface area contributed by atoms with Crippen molar-refractivity contribution in [3.8, 4) is 17.0 Å². The molecule has 2 aromatic carbocycles. The SMILES string of the molecule is COc1ccc2c(c1)[C@@H]1C[C@]1(C(=O)C[C@@H]1C3CCC(C)([C@@H]1O)C3(C)C)Cn1c-2c(C2CCCCC2)c2ccc(C(=O)NS(=O)(=O)N(C)C)cc21. The van der Waals surface area contributed by atoms with E-state index in [0.717, 1.165) is 82.7 Å². The third kappa shape index (κ3) is 4.73. The summed E-state index contributed by atoms with van der Waals surface area (Å²) in [6.07, 6.45) is 8.28. The lowest BCUT2D eigenvalue weighted by Crippen LogP contribution is -2.39. The quantitative estimate of drug-likeness (QED) is 0.268. The number of hydrogen-bond donors (Lipinski definition) is 2. The van der Waals surface area contributed by atoms with Crippen molar-refractivity contribution in [3.05, 3.63) is 53.1 Å². The Balaban J connectivity index is 1.28. The summed E-state index contributed by atoms with van der Waals surface area (Å²) in [5.74, 6) is 0.883. The molecule has 6 atom stereocenters. The van der Waals surface area contributed by atoms with E-state index in [9.17, 15) is 23.1 Å². The van der Waals surface area contributed by atoms with Crippen LogP contribution in [0.15, 0.2) is 36.4 Å². The zero-order chi connectivity index (χ0) is 35.5. The van der Waals surface area contributed by atoms with Gasteiger partial charge in [0.2, 0.25) is 0 Å². The summed E-state index contributed by atoms with van der Waals surface area (Å²) in [7, 11) is 0.457. The molecule has 5 aliphatic rings. The van der Waals surface area contributed by atoms with Crippen LogP contribution in [0, 0.1) is 28.1 Å². The Morgan fingerprint density at radius 3 is 2.44 bits per heavy atom. The van der Waals surface area contributed by atoms with Gasteiger partial charge in [-0.2, -0.15) is 12.7 Å². The van der Waals surface area contributed by atoms with Crippen molar-refractivity contribution in [2.24, 2.45) is 28.1 Å². The van der Waals surface area contributed by atoms with Crippen LogP contribution in [0.1, 0.15) is 112 Å². The van der Waals surface area contributed by atoms with E-state index >= 15 is 0 Å². The number of ether oxygens (including phenoxy) is 1. The summed E-state index contributed by atoms with van der Waals surface area (Å²) < 4.78 is 36.4. The molecule has 1 aromatic heterocycles. The fourth-order valence-corrected chi connectivity index (χ4v) is 11.5. The molecule has 3 aromatic rings. The summed E-state index contributed by atoms with van der Waals surface area (Å²) in [5.41, 5.74) is 4.84. The number of benzene rings is 2. The number of aromatic nitrogens is 1. The number of hydrogen-bond acceptors (Lipinski definition) is 6. The maximum absolute atomic E-state index is 14.9. The Kier molecular flexibility index (Phi) is 7.73. The van der Waals surface area contributed by atoms with Gasteiger partial charge in [0.05, 0.1) is 24.3 Å². The van der Waals surface area contributed by atoms with Crippen molar-refractivity contribution in [2.75, 3.05) is 21.2 Å². The summed E-state index contributed by atoms with van der Waals surface area (Å²) in [6, 6.07) is 11.8. The van der Waals surface area contributed by atoms with Crippen molar-refractivity contribution in [1.82, 2.24) is 13.6 Å². The van der Waals surface area contributed by atoms with E-state index in [4.69, 9.17) is 4.74 Å². The molecular weight excluding hydrogens is 651 g/mol. The zero-order valence-electron chi connectivity index (χ0n) is 30.2. The number of fused-ring (bicyclic) bond motifs is 9. The van der Waals surface area contributed by atoms with Crippen LogP contribution in [0.3, 0.4) is 0 Å². The molecule has 0 radical (unpaired) electrons. The predicted octanol–water partition coefficient (Wildman–Crippen LogP) is 6.78. The van der Waals surface area contributed by atoms with Crippen molar-refractivity contribution >= 4 is 32.8 Å². The summed E-state index contributed by atoms with van der Waals surface area (Å²) >= 11 is 0. The van der Waals surface area contributed by atoms with Gasteiger partial charge in [-0.05, 0) is 102 Å². The van der Waals surface area contributed by atoms with Gasteiger partial charge in [0, 0.05) is 55.0 Å². The van der Waals surface area contributed by atoms with Crippen LogP contribution in [0.5, 0.6) is 5.75 Å². The van der Waals surface area contributed by atoms with Crippen LogP contribution in [0.2, 0.25) is 0 Å². The zero-order valence-corrected chi connectivity index (χ0v) is 31.0. The van der Waals surface area contributed by atoms with Gasteiger partial charge in [-0.3, -0.25) is 9.59 Å². The first kappa shape index (κ1) is 33.9. The molecular formula is C40H51N3O6S. The van der Waals surface area contributed by atoms with E-state index in [-0.39, 0.29) is 34.0 Å². The standard InChI is InChI=1S/C40H51N3O6S/c1-38(2)30-16-17-39(38,3)36(45)29(30)20-33(44)40-21-31(40)28-19-25(49-6)13-15-26(28)35-34(23-10-8-7-9-11-23)27-14-12-24(18-32(27)43(35)22-40)37(46)41-50(47,48)42(4)5/h12-15,18-19,23,29-31,36,45H,7-11,16-17,20-22H2,1-6H3,(H,41,46)/t29-,30?,31+,36-,39?,40+/m1/s1. The number of nitrogens with zero attached hydrogens (tertiary/aromatic N) is 2. The van der Waals surface area contributed by atoms with Crippen molar-refractivity contribution in [3.63, 3.8) is 0 Å². The number of aliphatic hydroxyl groups excluding tert-OH is 1. The normalized spacial score (nSPS) is 31.2. The molecule has 0 spiro atoms. The molecule has 10 heteroatoms. The highest BCUT2D eigenvalue weighted by Gasteiger charge is 2.68. The van der Waals surface area contributed by atoms with Gasteiger partial charge in [0.15, 0.2) is 0 Å². The Morgan fingerprint density at radius 2 is 1.78 bits per heavy atom. The van der Waals surface area contributed by atoms with Crippen LogP contribution < -0.4 is 9.46 Å². The van der Waals surface area contributed by atoms with Crippen molar-refractivity contribution < 1.29 is 27.9 Å². The smallest absolute Gasteiger partial charge is 0.303 e. The predicted molar refractivity (Wildman–Crippen MR) is 193 cm³/mol. The molecule has 4 saturated carbocycles. The monoisotopic (exact) mass is 701 g/mol. The topological polar surface area (TPSA) is 118 Å². The summed E-state index contributed by atoms with van der Waals surface area (Å²) in [5, 5.41) is 12.7. The average molecular weight is 702 g/mol.